The Balaban J connectivity index is 1.53. The lowest BCUT2D eigenvalue weighted by atomic mass is 9.97. The molecule has 3 aromatic rings. The van der Waals surface area contributed by atoms with Crippen molar-refractivity contribution >= 4 is 11.7 Å². The van der Waals surface area contributed by atoms with Crippen molar-refractivity contribution < 1.29 is 24.2 Å². The van der Waals surface area contributed by atoms with Crippen LogP contribution in [0.2, 0.25) is 0 Å². The summed E-state index contributed by atoms with van der Waals surface area (Å²) in [7, 11) is 1.50. The van der Waals surface area contributed by atoms with Crippen LogP contribution < -0.4 is 9.47 Å². The third-order valence-electron chi connectivity index (χ3n) is 4.83. The summed E-state index contributed by atoms with van der Waals surface area (Å²) in [5, 5.41) is 22.1. The van der Waals surface area contributed by atoms with Crippen LogP contribution in [-0.2, 0) is 16.2 Å². The molecule has 0 aromatic heterocycles. The minimum absolute atomic E-state index is 0.227. The summed E-state index contributed by atoms with van der Waals surface area (Å²) in [6.45, 7) is 0.627. The first kappa shape index (κ1) is 23.4. The van der Waals surface area contributed by atoms with E-state index in [1.54, 1.807) is 24.3 Å². The summed E-state index contributed by atoms with van der Waals surface area (Å²) in [6, 6.07) is 26.2. The second kappa shape index (κ2) is 11.9. The van der Waals surface area contributed by atoms with Crippen molar-refractivity contribution in [2.75, 3.05) is 13.7 Å². The molecule has 33 heavy (non-hydrogen) atoms. The SMILES string of the molecule is CO/N=C(/COc1ccc(COc2ccc(C(C#N)CC(=O)O)cc2)cc1)c1ccccc1. The van der Waals surface area contributed by atoms with Crippen molar-refractivity contribution in [2.24, 2.45) is 5.16 Å². The van der Waals surface area contributed by atoms with Crippen LogP contribution >= 0.6 is 0 Å². The summed E-state index contributed by atoms with van der Waals surface area (Å²) in [4.78, 5) is 15.8. The molecule has 0 amide bonds. The number of benzene rings is 3. The lowest BCUT2D eigenvalue weighted by Gasteiger charge is -2.11. The molecule has 0 heterocycles. The molecule has 3 aromatic carbocycles. The quantitative estimate of drug-likeness (QED) is 0.337. The third kappa shape index (κ3) is 7.11. The van der Waals surface area contributed by atoms with E-state index in [0.717, 1.165) is 11.1 Å². The molecule has 0 fully saturated rings. The van der Waals surface area contributed by atoms with E-state index in [1.807, 2.05) is 60.7 Å². The number of carbonyl (C=O) groups is 1. The minimum atomic E-state index is -1.00. The van der Waals surface area contributed by atoms with Crippen LogP contribution in [0.3, 0.4) is 0 Å². The molecule has 0 saturated heterocycles. The fourth-order valence-corrected chi connectivity index (χ4v) is 3.11. The maximum Gasteiger partial charge on any atom is 0.305 e. The van der Waals surface area contributed by atoms with Gasteiger partial charge in [-0.2, -0.15) is 5.26 Å². The largest absolute Gasteiger partial charge is 0.489 e. The van der Waals surface area contributed by atoms with Gasteiger partial charge in [0.15, 0.2) is 0 Å². The van der Waals surface area contributed by atoms with Gasteiger partial charge in [-0.05, 0) is 35.4 Å². The second-order valence-electron chi connectivity index (χ2n) is 7.16. The monoisotopic (exact) mass is 444 g/mol. The van der Waals surface area contributed by atoms with E-state index >= 15 is 0 Å². The van der Waals surface area contributed by atoms with Crippen molar-refractivity contribution in [1.29, 1.82) is 5.26 Å². The standard InChI is InChI=1S/C26H24N2O5/c1-31-28-25(21-5-3-2-4-6-21)18-33-23-11-7-19(8-12-23)17-32-24-13-9-20(10-14-24)22(16-27)15-26(29)30/h2-14,22H,15,17-18H2,1H3,(H,29,30)/b28-25-. The molecule has 1 N–H and O–H groups in total. The number of carboxylic acids is 1. The fourth-order valence-electron chi connectivity index (χ4n) is 3.11. The summed E-state index contributed by atoms with van der Waals surface area (Å²) in [6.07, 6.45) is -0.227. The van der Waals surface area contributed by atoms with Crippen LogP contribution in [0, 0.1) is 11.3 Å². The maximum atomic E-state index is 10.9. The average Bonchev–Trinajstić information content (AvgIpc) is 2.85. The van der Waals surface area contributed by atoms with Gasteiger partial charge in [0.25, 0.3) is 0 Å². The molecule has 1 atom stereocenters. The molecule has 0 radical (unpaired) electrons. The molecule has 7 nitrogen and oxygen atoms in total. The Bertz CT molecular complexity index is 1100. The van der Waals surface area contributed by atoms with Gasteiger partial charge in [-0.3, -0.25) is 4.79 Å². The Morgan fingerprint density at radius 3 is 2.21 bits per heavy atom. The Hall–Kier alpha value is -4.31. The molecule has 0 aliphatic heterocycles. The number of hydrogen-bond donors (Lipinski definition) is 1. The van der Waals surface area contributed by atoms with Crippen molar-refractivity contribution in [3.05, 3.63) is 95.6 Å². The Morgan fingerprint density at radius 2 is 1.61 bits per heavy atom. The van der Waals surface area contributed by atoms with E-state index in [-0.39, 0.29) is 13.0 Å². The van der Waals surface area contributed by atoms with Crippen molar-refractivity contribution in [1.82, 2.24) is 0 Å². The van der Waals surface area contributed by atoms with Crippen molar-refractivity contribution in [2.45, 2.75) is 18.9 Å². The molecular formula is C26H24N2O5. The van der Waals surface area contributed by atoms with Gasteiger partial charge in [0, 0.05) is 5.56 Å². The van der Waals surface area contributed by atoms with Crippen LogP contribution in [0.25, 0.3) is 0 Å². The molecule has 168 valence electrons. The Kier molecular flexibility index (Phi) is 8.43. The summed E-state index contributed by atoms with van der Waals surface area (Å²) in [5.74, 6) is -0.352. The van der Waals surface area contributed by atoms with Gasteiger partial charge in [-0.15, -0.1) is 0 Å². The first-order valence-corrected chi connectivity index (χ1v) is 10.3. The summed E-state index contributed by atoms with van der Waals surface area (Å²) >= 11 is 0. The van der Waals surface area contributed by atoms with Crippen molar-refractivity contribution in [3.8, 4) is 17.6 Å². The van der Waals surface area contributed by atoms with E-state index in [2.05, 4.69) is 5.16 Å². The molecule has 7 heteroatoms. The highest BCUT2D eigenvalue weighted by Crippen LogP contribution is 2.23. The van der Waals surface area contributed by atoms with E-state index in [4.69, 9.17) is 24.7 Å². The van der Waals surface area contributed by atoms with Crippen LogP contribution in [0.5, 0.6) is 11.5 Å². The number of hydrogen-bond acceptors (Lipinski definition) is 6. The van der Waals surface area contributed by atoms with Crippen molar-refractivity contribution in [3.63, 3.8) is 0 Å². The zero-order chi connectivity index (χ0) is 23.5. The molecule has 0 aliphatic carbocycles. The third-order valence-corrected chi connectivity index (χ3v) is 4.83. The zero-order valence-corrected chi connectivity index (χ0v) is 18.2. The van der Waals surface area contributed by atoms with Crippen LogP contribution in [0.1, 0.15) is 29.0 Å². The smallest absolute Gasteiger partial charge is 0.305 e. The van der Waals surface area contributed by atoms with Crippen LogP contribution in [-0.4, -0.2) is 30.5 Å². The Labute approximate surface area is 192 Å². The van der Waals surface area contributed by atoms with E-state index in [0.29, 0.717) is 29.4 Å². The van der Waals surface area contributed by atoms with Crippen LogP contribution in [0.4, 0.5) is 0 Å². The second-order valence-corrected chi connectivity index (χ2v) is 7.16. The van der Waals surface area contributed by atoms with Crippen LogP contribution in [0.15, 0.2) is 84.0 Å². The first-order chi connectivity index (χ1) is 16.1. The highest BCUT2D eigenvalue weighted by molar-refractivity contribution is 6.01. The van der Waals surface area contributed by atoms with Gasteiger partial charge in [0.2, 0.25) is 0 Å². The van der Waals surface area contributed by atoms with E-state index < -0.39 is 11.9 Å². The molecule has 0 bridgehead atoms. The molecule has 1 unspecified atom stereocenters. The number of rotatable bonds is 11. The highest BCUT2D eigenvalue weighted by atomic mass is 16.6. The number of carboxylic acid groups (broad SMARTS) is 1. The van der Waals surface area contributed by atoms with Gasteiger partial charge in [0.05, 0.1) is 18.4 Å². The van der Waals surface area contributed by atoms with Gasteiger partial charge >= 0.3 is 5.97 Å². The minimum Gasteiger partial charge on any atom is -0.489 e. The lowest BCUT2D eigenvalue weighted by Crippen LogP contribution is -2.13. The molecule has 3 rings (SSSR count). The number of oxime groups is 1. The number of nitrogens with zero attached hydrogens (tertiary/aromatic N) is 2. The lowest BCUT2D eigenvalue weighted by molar-refractivity contribution is -0.137. The molecule has 0 saturated carbocycles. The van der Waals surface area contributed by atoms with Gasteiger partial charge in [0.1, 0.15) is 37.5 Å². The number of nitriles is 1. The fraction of sp³-hybridized carbons (Fsp3) is 0.192. The van der Waals surface area contributed by atoms with Gasteiger partial charge in [-0.1, -0.05) is 59.8 Å². The first-order valence-electron chi connectivity index (χ1n) is 10.3. The predicted octanol–water partition coefficient (Wildman–Crippen LogP) is 4.78. The molecular weight excluding hydrogens is 420 g/mol. The average molecular weight is 444 g/mol. The molecule has 0 aliphatic rings. The van der Waals surface area contributed by atoms with E-state index in [9.17, 15) is 4.79 Å². The van der Waals surface area contributed by atoms with E-state index in [1.165, 1.54) is 7.11 Å². The summed E-state index contributed by atoms with van der Waals surface area (Å²) < 4.78 is 11.6. The summed E-state index contributed by atoms with van der Waals surface area (Å²) in [5.41, 5.74) is 3.23. The van der Waals surface area contributed by atoms with Gasteiger partial charge in [-0.25, -0.2) is 0 Å². The number of ether oxygens (including phenoxy) is 2. The number of aliphatic carboxylic acids is 1. The Morgan fingerprint density at radius 1 is 0.970 bits per heavy atom. The van der Waals surface area contributed by atoms with Gasteiger partial charge < -0.3 is 19.4 Å². The highest BCUT2D eigenvalue weighted by Gasteiger charge is 2.14. The topological polar surface area (TPSA) is 101 Å². The predicted molar refractivity (Wildman–Crippen MR) is 123 cm³/mol. The molecule has 0 spiro atoms. The normalized spacial score (nSPS) is 11.8. The maximum absolute atomic E-state index is 10.9. The zero-order valence-electron chi connectivity index (χ0n) is 18.2.